The molecule has 0 aliphatic heterocycles. The van der Waals surface area contributed by atoms with E-state index < -0.39 is 10.0 Å². The molecular weight excluding hydrogens is 216 g/mol. The minimum absolute atomic E-state index is 0.103. The van der Waals surface area contributed by atoms with Crippen molar-refractivity contribution < 1.29 is 8.42 Å². The zero-order valence-electron chi connectivity index (χ0n) is 8.66. The molecule has 0 aliphatic carbocycles. The lowest BCUT2D eigenvalue weighted by atomic mass is 10.4. The maximum absolute atomic E-state index is 11.5. The van der Waals surface area contributed by atoms with E-state index in [4.69, 9.17) is 0 Å². The number of H-pyrrole nitrogens is 1. The molecule has 1 rings (SSSR count). The third-order valence-electron chi connectivity index (χ3n) is 1.84. The van der Waals surface area contributed by atoms with Crippen LogP contribution < -0.4 is 10.0 Å². The van der Waals surface area contributed by atoms with Gasteiger partial charge in [0.1, 0.15) is 0 Å². The van der Waals surface area contributed by atoms with Crippen molar-refractivity contribution in [2.75, 3.05) is 19.6 Å². The average Bonchev–Trinajstić information content (AvgIpc) is 2.70. The highest BCUT2D eigenvalue weighted by Crippen LogP contribution is 2.01. The molecule has 0 atom stereocenters. The second-order valence-electron chi connectivity index (χ2n) is 3.03. The van der Waals surface area contributed by atoms with Gasteiger partial charge in [-0.2, -0.15) is 5.10 Å². The van der Waals surface area contributed by atoms with E-state index >= 15 is 0 Å². The lowest BCUT2D eigenvalue weighted by Crippen LogP contribution is -2.27. The van der Waals surface area contributed by atoms with E-state index in [2.05, 4.69) is 20.2 Å². The first-order valence-corrected chi connectivity index (χ1v) is 6.35. The normalized spacial score (nSPS) is 11.8. The van der Waals surface area contributed by atoms with Gasteiger partial charge in [-0.25, -0.2) is 13.1 Å². The van der Waals surface area contributed by atoms with Crippen molar-refractivity contribution in [2.24, 2.45) is 0 Å². The lowest BCUT2D eigenvalue weighted by molar-refractivity contribution is 0.571. The summed E-state index contributed by atoms with van der Waals surface area (Å²) in [5.41, 5.74) is 0. The molecular formula is C8H16N4O2S. The molecule has 0 fully saturated rings. The predicted molar refractivity (Wildman–Crippen MR) is 56.9 cm³/mol. The van der Waals surface area contributed by atoms with Gasteiger partial charge >= 0.3 is 0 Å². The Labute approximate surface area is 89.5 Å². The maximum atomic E-state index is 11.5. The van der Waals surface area contributed by atoms with Crippen LogP contribution in [0.25, 0.3) is 0 Å². The van der Waals surface area contributed by atoms with Crippen LogP contribution in [-0.2, 0) is 10.0 Å². The fraction of sp³-hybridized carbons (Fsp3) is 0.625. The summed E-state index contributed by atoms with van der Waals surface area (Å²) >= 11 is 0. The topological polar surface area (TPSA) is 86.9 Å². The van der Waals surface area contributed by atoms with E-state index in [0.717, 1.165) is 19.5 Å². The number of nitrogens with one attached hydrogen (secondary N) is 3. The van der Waals surface area contributed by atoms with Crippen LogP contribution in [0.3, 0.4) is 0 Å². The van der Waals surface area contributed by atoms with E-state index in [1.165, 1.54) is 12.3 Å². The molecule has 0 spiro atoms. The minimum Gasteiger partial charge on any atom is -0.317 e. The maximum Gasteiger partial charge on any atom is 0.257 e. The monoisotopic (exact) mass is 232 g/mol. The first kappa shape index (κ1) is 12.2. The van der Waals surface area contributed by atoms with Gasteiger partial charge in [-0.05, 0) is 25.6 Å². The van der Waals surface area contributed by atoms with Crippen molar-refractivity contribution in [1.82, 2.24) is 20.2 Å². The molecule has 0 bridgehead atoms. The Bertz CT molecular complexity index is 360. The third-order valence-corrected chi connectivity index (χ3v) is 3.23. The molecule has 7 heteroatoms. The second-order valence-corrected chi connectivity index (χ2v) is 4.76. The Kier molecular flexibility index (Phi) is 4.73. The molecule has 0 saturated carbocycles. The van der Waals surface area contributed by atoms with Gasteiger partial charge in [0.05, 0.1) is 6.20 Å². The summed E-state index contributed by atoms with van der Waals surface area (Å²) in [5, 5.41) is 9.22. The largest absolute Gasteiger partial charge is 0.317 e. The molecule has 1 aromatic rings. The number of sulfonamides is 1. The first-order valence-electron chi connectivity index (χ1n) is 4.86. The summed E-state index contributed by atoms with van der Waals surface area (Å²) < 4.78 is 25.5. The molecule has 6 nitrogen and oxygen atoms in total. The van der Waals surface area contributed by atoms with E-state index in [-0.39, 0.29) is 5.03 Å². The van der Waals surface area contributed by atoms with Crippen LogP contribution in [0, 0.1) is 0 Å². The quantitative estimate of drug-likeness (QED) is 0.563. The Morgan fingerprint density at radius 2 is 2.27 bits per heavy atom. The highest BCUT2D eigenvalue weighted by molar-refractivity contribution is 7.89. The molecule has 3 N–H and O–H groups in total. The van der Waals surface area contributed by atoms with Crippen LogP contribution in [0.1, 0.15) is 13.3 Å². The zero-order chi connectivity index (χ0) is 11.1. The fourth-order valence-electron chi connectivity index (χ4n) is 1.07. The molecule has 86 valence electrons. The lowest BCUT2D eigenvalue weighted by Gasteiger charge is -2.04. The minimum atomic E-state index is -3.40. The van der Waals surface area contributed by atoms with Crippen molar-refractivity contribution in [3.05, 3.63) is 12.3 Å². The summed E-state index contributed by atoms with van der Waals surface area (Å²) in [7, 11) is -3.40. The van der Waals surface area contributed by atoms with Crippen LogP contribution in [0.2, 0.25) is 0 Å². The predicted octanol–water partition coefficient (Wildman–Crippen LogP) is -0.312. The Morgan fingerprint density at radius 1 is 1.47 bits per heavy atom. The van der Waals surface area contributed by atoms with E-state index in [1.807, 2.05) is 6.92 Å². The Balaban J connectivity index is 2.32. The molecule has 0 aliphatic rings. The highest BCUT2D eigenvalue weighted by atomic mass is 32.2. The Hall–Kier alpha value is -0.920. The summed E-state index contributed by atoms with van der Waals surface area (Å²) in [5.74, 6) is 0. The second kappa shape index (κ2) is 5.84. The van der Waals surface area contributed by atoms with E-state index in [0.29, 0.717) is 6.54 Å². The number of nitrogens with zero attached hydrogens (tertiary/aromatic N) is 1. The van der Waals surface area contributed by atoms with E-state index in [9.17, 15) is 8.42 Å². The van der Waals surface area contributed by atoms with Crippen molar-refractivity contribution in [3.63, 3.8) is 0 Å². The molecule has 0 aromatic carbocycles. The van der Waals surface area contributed by atoms with Gasteiger partial charge in [-0.3, -0.25) is 5.10 Å². The first-order chi connectivity index (χ1) is 7.17. The number of rotatable bonds is 7. The summed E-state index contributed by atoms with van der Waals surface area (Å²) in [6.07, 6.45) is 2.18. The molecule has 15 heavy (non-hydrogen) atoms. The van der Waals surface area contributed by atoms with Gasteiger partial charge in [0.15, 0.2) is 5.03 Å². The highest BCUT2D eigenvalue weighted by Gasteiger charge is 2.13. The standard InChI is InChI=1S/C8H16N4O2S/c1-2-9-5-3-6-11-15(13,14)8-4-7-10-12-8/h4,7,9,11H,2-3,5-6H2,1H3,(H,10,12). The van der Waals surface area contributed by atoms with Crippen molar-refractivity contribution in [1.29, 1.82) is 0 Å². The molecule has 1 heterocycles. The van der Waals surface area contributed by atoms with Crippen LogP contribution in [-0.4, -0.2) is 38.2 Å². The van der Waals surface area contributed by atoms with E-state index in [1.54, 1.807) is 0 Å². The number of hydrogen-bond donors (Lipinski definition) is 3. The van der Waals surface area contributed by atoms with Gasteiger partial charge in [-0.1, -0.05) is 6.92 Å². The fourth-order valence-corrected chi connectivity index (χ4v) is 2.05. The van der Waals surface area contributed by atoms with Crippen LogP contribution in [0.4, 0.5) is 0 Å². The number of aromatic amines is 1. The van der Waals surface area contributed by atoms with Gasteiger partial charge in [0.2, 0.25) is 0 Å². The van der Waals surface area contributed by atoms with Gasteiger partial charge in [0, 0.05) is 6.54 Å². The summed E-state index contributed by atoms with van der Waals surface area (Å²) in [4.78, 5) is 0. The van der Waals surface area contributed by atoms with Gasteiger partial charge in [-0.15, -0.1) is 0 Å². The smallest absolute Gasteiger partial charge is 0.257 e. The Morgan fingerprint density at radius 3 is 2.87 bits per heavy atom. The number of aromatic nitrogens is 2. The van der Waals surface area contributed by atoms with Gasteiger partial charge in [0.25, 0.3) is 10.0 Å². The third kappa shape index (κ3) is 3.98. The zero-order valence-corrected chi connectivity index (χ0v) is 9.47. The average molecular weight is 232 g/mol. The van der Waals surface area contributed by atoms with Crippen LogP contribution in [0.5, 0.6) is 0 Å². The molecule has 0 saturated heterocycles. The van der Waals surface area contributed by atoms with Crippen LogP contribution >= 0.6 is 0 Å². The van der Waals surface area contributed by atoms with Crippen molar-refractivity contribution in [2.45, 2.75) is 18.4 Å². The van der Waals surface area contributed by atoms with Crippen LogP contribution in [0.15, 0.2) is 17.3 Å². The molecule has 0 unspecified atom stereocenters. The SMILES string of the molecule is CCNCCCNS(=O)(=O)c1ccn[nH]1. The molecule has 0 radical (unpaired) electrons. The number of hydrogen-bond acceptors (Lipinski definition) is 4. The summed E-state index contributed by atoms with van der Waals surface area (Å²) in [6, 6.07) is 1.42. The molecule has 1 aromatic heterocycles. The summed E-state index contributed by atoms with van der Waals surface area (Å²) in [6.45, 7) is 4.14. The van der Waals surface area contributed by atoms with Gasteiger partial charge < -0.3 is 5.32 Å². The van der Waals surface area contributed by atoms with Crippen molar-refractivity contribution >= 4 is 10.0 Å². The molecule has 0 amide bonds. The van der Waals surface area contributed by atoms with Crippen molar-refractivity contribution in [3.8, 4) is 0 Å².